The number of para-hydroxylation sites is 2. The van der Waals surface area contributed by atoms with Gasteiger partial charge in [-0.25, -0.2) is 4.85 Å². The molecule has 0 aliphatic heterocycles. The summed E-state index contributed by atoms with van der Waals surface area (Å²) in [4.78, 5) is 5.86. The molecule has 51 heavy (non-hydrogen) atoms. The molecule has 5 nitrogen and oxygen atoms in total. The fraction of sp³-hybridized carbons (Fsp3) is 0.0435. The zero-order valence-electron chi connectivity index (χ0n) is 28.2. The van der Waals surface area contributed by atoms with Crippen LogP contribution < -0.4 is 4.90 Å². The molecule has 0 bridgehead atoms. The van der Waals surface area contributed by atoms with Crippen LogP contribution in [0.2, 0.25) is 0 Å². The Labute approximate surface area is 295 Å². The van der Waals surface area contributed by atoms with E-state index in [1.807, 2.05) is 48.5 Å². The molecular formula is C46H31N5. The van der Waals surface area contributed by atoms with E-state index in [9.17, 15) is 5.26 Å². The van der Waals surface area contributed by atoms with Gasteiger partial charge in [0.2, 0.25) is 0 Å². The Balaban J connectivity index is 1.40. The predicted molar refractivity (Wildman–Crippen MR) is 210 cm³/mol. The molecule has 0 spiro atoms. The van der Waals surface area contributed by atoms with Crippen LogP contribution in [-0.4, -0.2) is 9.13 Å². The van der Waals surface area contributed by atoms with E-state index in [-0.39, 0.29) is 0 Å². The van der Waals surface area contributed by atoms with Crippen molar-refractivity contribution in [2.75, 3.05) is 4.90 Å². The Morgan fingerprint density at radius 3 is 1.47 bits per heavy atom. The Morgan fingerprint density at radius 2 is 0.980 bits per heavy atom. The maximum atomic E-state index is 9.63. The van der Waals surface area contributed by atoms with Crippen LogP contribution in [0.4, 0.5) is 22.7 Å². The molecule has 5 heteroatoms. The minimum absolute atomic E-state index is 0.578. The minimum Gasteiger partial charge on any atom is -0.310 e. The van der Waals surface area contributed by atoms with Crippen molar-refractivity contribution in [1.29, 1.82) is 5.26 Å². The number of hydrogen-bond donors (Lipinski definition) is 0. The third-order valence-corrected chi connectivity index (χ3v) is 9.81. The third kappa shape index (κ3) is 4.92. The van der Waals surface area contributed by atoms with Crippen LogP contribution >= 0.6 is 0 Å². The molecule has 0 aliphatic rings. The van der Waals surface area contributed by atoms with Crippen molar-refractivity contribution >= 4 is 66.4 Å². The van der Waals surface area contributed by atoms with Gasteiger partial charge in [0.05, 0.1) is 57.3 Å². The van der Waals surface area contributed by atoms with Crippen molar-refractivity contribution in [3.63, 3.8) is 0 Å². The van der Waals surface area contributed by atoms with E-state index in [4.69, 9.17) is 6.57 Å². The second-order valence-electron chi connectivity index (χ2n) is 13.1. The quantitative estimate of drug-likeness (QED) is 0.173. The maximum absolute atomic E-state index is 9.63. The van der Waals surface area contributed by atoms with E-state index in [1.165, 1.54) is 32.7 Å². The third-order valence-electron chi connectivity index (χ3n) is 9.81. The molecule has 9 rings (SSSR count). The van der Waals surface area contributed by atoms with Gasteiger partial charge >= 0.3 is 0 Å². The van der Waals surface area contributed by atoms with Crippen LogP contribution in [0, 0.1) is 31.8 Å². The lowest BCUT2D eigenvalue weighted by molar-refractivity contribution is 1.12. The average Bonchev–Trinajstić information content (AvgIpc) is 3.67. The van der Waals surface area contributed by atoms with E-state index in [2.05, 4.69) is 142 Å². The summed E-state index contributed by atoms with van der Waals surface area (Å²) in [6.07, 6.45) is 0. The van der Waals surface area contributed by atoms with Gasteiger partial charge in [0.25, 0.3) is 0 Å². The van der Waals surface area contributed by atoms with Gasteiger partial charge in [-0.3, -0.25) is 0 Å². The summed E-state index contributed by atoms with van der Waals surface area (Å²) < 4.78 is 4.74. The Bertz CT molecular complexity index is 2720. The number of aromatic nitrogens is 2. The fourth-order valence-corrected chi connectivity index (χ4v) is 7.51. The molecule has 0 aliphatic carbocycles. The number of benzene rings is 7. The lowest BCUT2D eigenvalue weighted by Gasteiger charge is -2.27. The summed E-state index contributed by atoms with van der Waals surface area (Å²) in [6.45, 7) is 11.9. The van der Waals surface area contributed by atoms with Gasteiger partial charge in [0, 0.05) is 32.9 Å². The highest BCUT2D eigenvalue weighted by Crippen LogP contribution is 2.42. The normalized spacial score (nSPS) is 11.3. The predicted octanol–water partition coefficient (Wildman–Crippen LogP) is 12.4. The molecule has 0 N–H and O–H groups in total. The van der Waals surface area contributed by atoms with Gasteiger partial charge in [0.15, 0.2) is 5.69 Å². The van der Waals surface area contributed by atoms with Crippen LogP contribution in [0.5, 0.6) is 0 Å². The summed E-state index contributed by atoms with van der Waals surface area (Å²) in [6, 6.07) is 55.0. The summed E-state index contributed by atoms with van der Waals surface area (Å²) in [5.41, 5.74) is 12.9. The highest BCUT2D eigenvalue weighted by molar-refractivity contribution is 6.11. The van der Waals surface area contributed by atoms with E-state index >= 15 is 0 Å². The molecule has 240 valence electrons. The van der Waals surface area contributed by atoms with Crippen LogP contribution in [0.1, 0.15) is 16.7 Å². The molecule has 0 saturated heterocycles. The number of rotatable bonds is 5. The van der Waals surface area contributed by atoms with Gasteiger partial charge < -0.3 is 14.0 Å². The molecule has 0 saturated carbocycles. The molecular weight excluding hydrogens is 623 g/mol. The first-order valence-electron chi connectivity index (χ1n) is 16.9. The topological polar surface area (TPSA) is 41.2 Å². The van der Waals surface area contributed by atoms with Crippen LogP contribution in [0.25, 0.3) is 59.8 Å². The summed E-state index contributed by atoms with van der Waals surface area (Å²) in [7, 11) is 0. The van der Waals surface area contributed by atoms with Crippen molar-refractivity contribution in [2.24, 2.45) is 0 Å². The maximum Gasteiger partial charge on any atom is 0.187 e. The lowest BCUT2D eigenvalue weighted by Crippen LogP contribution is -2.11. The van der Waals surface area contributed by atoms with Crippen molar-refractivity contribution in [1.82, 2.24) is 9.13 Å². The minimum atomic E-state index is 0.578. The Hall–Kier alpha value is -7.08. The van der Waals surface area contributed by atoms with E-state index in [1.54, 1.807) is 0 Å². The first kappa shape index (κ1) is 30.0. The lowest BCUT2D eigenvalue weighted by atomic mass is 10.1. The SMILES string of the molecule is [C-]#[N+]c1ccc(N(c2ccc(C#N)cc2)c2cc(-n3c4ccccc4c4ccccc43)cc(-n3c4ccc(C)cc4c4cc(C)ccc43)c2)cc1. The van der Waals surface area contributed by atoms with Crippen LogP contribution in [0.3, 0.4) is 0 Å². The molecule has 9 aromatic rings. The Morgan fingerprint density at radius 1 is 0.510 bits per heavy atom. The number of hydrogen-bond acceptors (Lipinski definition) is 2. The molecule has 0 atom stereocenters. The molecule has 0 amide bonds. The summed E-state index contributed by atoms with van der Waals surface area (Å²) in [5.74, 6) is 0. The average molecular weight is 654 g/mol. The number of aryl methyl sites for hydroxylation is 2. The molecule has 2 aromatic heterocycles. The molecule has 0 radical (unpaired) electrons. The number of nitrogens with zero attached hydrogens (tertiary/aromatic N) is 5. The number of fused-ring (bicyclic) bond motifs is 6. The van der Waals surface area contributed by atoms with Gasteiger partial charge in [0.1, 0.15) is 0 Å². The van der Waals surface area contributed by atoms with Gasteiger partial charge in [-0.2, -0.15) is 5.26 Å². The first-order valence-corrected chi connectivity index (χ1v) is 16.9. The zero-order valence-corrected chi connectivity index (χ0v) is 28.2. The highest BCUT2D eigenvalue weighted by Gasteiger charge is 2.20. The molecule has 0 fully saturated rings. The molecule has 2 heterocycles. The van der Waals surface area contributed by atoms with Gasteiger partial charge in [-0.15, -0.1) is 0 Å². The second kappa shape index (κ2) is 11.8. The number of anilines is 3. The van der Waals surface area contributed by atoms with Crippen LogP contribution in [-0.2, 0) is 0 Å². The van der Waals surface area contributed by atoms with Gasteiger partial charge in [-0.1, -0.05) is 71.8 Å². The largest absolute Gasteiger partial charge is 0.310 e. The monoisotopic (exact) mass is 653 g/mol. The van der Waals surface area contributed by atoms with Crippen LogP contribution in [0.15, 0.2) is 152 Å². The molecule has 0 unspecified atom stereocenters. The number of nitriles is 1. The second-order valence-corrected chi connectivity index (χ2v) is 13.1. The molecule has 7 aromatic carbocycles. The first-order chi connectivity index (χ1) is 25.0. The van der Waals surface area contributed by atoms with Crippen molar-refractivity contribution in [3.8, 4) is 17.4 Å². The van der Waals surface area contributed by atoms with E-state index in [0.717, 1.165) is 50.5 Å². The fourth-order valence-electron chi connectivity index (χ4n) is 7.51. The van der Waals surface area contributed by atoms with Crippen molar-refractivity contribution in [3.05, 3.63) is 180 Å². The van der Waals surface area contributed by atoms with Crippen molar-refractivity contribution in [2.45, 2.75) is 13.8 Å². The van der Waals surface area contributed by atoms with Gasteiger partial charge in [-0.05, 0) is 105 Å². The Kier molecular flexibility index (Phi) is 6.95. The highest BCUT2D eigenvalue weighted by atomic mass is 15.1. The van der Waals surface area contributed by atoms with E-state index < -0.39 is 0 Å². The summed E-state index contributed by atoms with van der Waals surface area (Å²) in [5, 5.41) is 14.5. The zero-order chi connectivity index (χ0) is 34.6. The van der Waals surface area contributed by atoms with E-state index in [0.29, 0.717) is 11.3 Å². The standard InChI is InChI=1S/C46H31N5/c1-30-12-22-45-41(24-30)42-25-31(2)13-23-46(42)51(45)38-27-36(49(34-18-14-32(29-47)15-19-34)35-20-16-33(48-3)17-21-35)26-37(28-38)50-43-10-6-4-8-39(43)40-9-5-7-11-44(40)50/h4-28H,1-2H3. The summed E-state index contributed by atoms with van der Waals surface area (Å²) >= 11 is 0. The smallest absolute Gasteiger partial charge is 0.187 e. The van der Waals surface area contributed by atoms with Crippen molar-refractivity contribution < 1.29 is 0 Å².